The average Bonchev–Trinajstić information content (AvgIpc) is 2.95. The zero-order valence-electron chi connectivity index (χ0n) is 11.7. The number of rotatable bonds is 1. The second-order valence-electron chi connectivity index (χ2n) is 5.89. The van der Waals surface area contributed by atoms with Gasteiger partial charge < -0.3 is 10.1 Å². The third kappa shape index (κ3) is 1.79. The van der Waals surface area contributed by atoms with E-state index >= 15 is 0 Å². The number of hydrogen-bond donors (Lipinski definition) is 1. The second kappa shape index (κ2) is 4.55. The van der Waals surface area contributed by atoms with Crippen molar-refractivity contribution in [3.63, 3.8) is 0 Å². The summed E-state index contributed by atoms with van der Waals surface area (Å²) in [7, 11) is 0. The molecule has 0 spiro atoms. The number of hydrogen-bond acceptors (Lipinski definition) is 2. The molecule has 0 aliphatic carbocycles. The van der Waals surface area contributed by atoms with E-state index in [4.69, 9.17) is 4.74 Å². The van der Waals surface area contributed by atoms with Gasteiger partial charge in [-0.05, 0) is 29.5 Å². The molecule has 2 heteroatoms. The molecule has 2 aliphatic heterocycles. The number of benzene rings is 2. The fraction of sp³-hybridized carbons (Fsp3) is 0.333. The van der Waals surface area contributed by atoms with E-state index in [-0.39, 0.29) is 0 Å². The van der Waals surface area contributed by atoms with Gasteiger partial charge >= 0.3 is 0 Å². The van der Waals surface area contributed by atoms with Gasteiger partial charge in [-0.2, -0.15) is 0 Å². The molecule has 20 heavy (non-hydrogen) atoms. The standard InChI is InChI=1S/C18H19NO/c1-12-11-14-5-2-3-8-16(14)19-17(12)15-7-4-6-13-9-10-20-18(13)15/h2-8,12,17,19H,9-11H2,1H3. The van der Waals surface area contributed by atoms with Crippen LogP contribution in [0.1, 0.15) is 29.7 Å². The SMILES string of the molecule is CC1Cc2ccccc2NC1c1cccc2c1OCC2. The van der Waals surface area contributed by atoms with Gasteiger partial charge in [0, 0.05) is 17.7 Å². The first-order valence-corrected chi connectivity index (χ1v) is 7.42. The van der Waals surface area contributed by atoms with Crippen molar-refractivity contribution < 1.29 is 4.74 Å². The molecule has 2 aliphatic rings. The van der Waals surface area contributed by atoms with Gasteiger partial charge in [0.15, 0.2) is 0 Å². The maximum absolute atomic E-state index is 5.88. The molecule has 4 rings (SSSR count). The Hall–Kier alpha value is -1.96. The van der Waals surface area contributed by atoms with Gasteiger partial charge in [0.05, 0.1) is 12.6 Å². The van der Waals surface area contributed by atoms with E-state index in [0.29, 0.717) is 12.0 Å². The van der Waals surface area contributed by atoms with Crippen LogP contribution in [0.15, 0.2) is 42.5 Å². The summed E-state index contributed by atoms with van der Waals surface area (Å²) < 4.78 is 5.88. The molecule has 2 aromatic rings. The van der Waals surface area contributed by atoms with E-state index in [2.05, 4.69) is 54.7 Å². The summed E-state index contributed by atoms with van der Waals surface area (Å²) >= 11 is 0. The maximum atomic E-state index is 5.88. The van der Waals surface area contributed by atoms with Crippen LogP contribution >= 0.6 is 0 Å². The molecule has 0 aromatic heterocycles. The molecule has 0 fully saturated rings. The maximum Gasteiger partial charge on any atom is 0.127 e. The summed E-state index contributed by atoms with van der Waals surface area (Å²) in [5, 5.41) is 3.71. The molecular weight excluding hydrogens is 246 g/mol. The van der Waals surface area contributed by atoms with E-state index in [9.17, 15) is 0 Å². The van der Waals surface area contributed by atoms with Crippen molar-refractivity contribution in [1.29, 1.82) is 0 Å². The lowest BCUT2D eigenvalue weighted by atomic mass is 9.84. The smallest absolute Gasteiger partial charge is 0.127 e. The van der Waals surface area contributed by atoms with Crippen molar-refractivity contribution in [3.05, 3.63) is 59.2 Å². The van der Waals surface area contributed by atoms with Gasteiger partial charge in [-0.1, -0.05) is 43.3 Å². The number of ether oxygens (including phenoxy) is 1. The topological polar surface area (TPSA) is 21.3 Å². The fourth-order valence-electron chi connectivity index (χ4n) is 3.48. The van der Waals surface area contributed by atoms with Gasteiger partial charge in [-0.25, -0.2) is 0 Å². The largest absolute Gasteiger partial charge is 0.493 e. The highest BCUT2D eigenvalue weighted by atomic mass is 16.5. The zero-order valence-corrected chi connectivity index (χ0v) is 11.7. The summed E-state index contributed by atoms with van der Waals surface area (Å²) in [6, 6.07) is 15.5. The average molecular weight is 265 g/mol. The molecule has 0 radical (unpaired) electrons. The Labute approximate surface area is 119 Å². The van der Waals surface area contributed by atoms with Crippen molar-refractivity contribution in [2.45, 2.75) is 25.8 Å². The highest BCUT2D eigenvalue weighted by Crippen LogP contribution is 2.42. The molecule has 0 saturated carbocycles. The molecule has 2 aromatic carbocycles. The van der Waals surface area contributed by atoms with Gasteiger partial charge in [0.2, 0.25) is 0 Å². The van der Waals surface area contributed by atoms with Gasteiger partial charge in [-0.3, -0.25) is 0 Å². The van der Waals surface area contributed by atoms with Crippen LogP contribution in [-0.4, -0.2) is 6.61 Å². The third-order valence-electron chi connectivity index (χ3n) is 4.52. The predicted octanol–water partition coefficient (Wildman–Crippen LogP) is 3.97. The summed E-state index contributed by atoms with van der Waals surface area (Å²) in [5.41, 5.74) is 5.37. The van der Waals surface area contributed by atoms with Crippen molar-refractivity contribution >= 4 is 5.69 Å². The molecule has 2 atom stereocenters. The van der Waals surface area contributed by atoms with Crippen LogP contribution in [-0.2, 0) is 12.8 Å². The Kier molecular flexibility index (Phi) is 2.69. The summed E-state index contributed by atoms with van der Waals surface area (Å²) in [5.74, 6) is 1.69. The minimum atomic E-state index is 0.345. The van der Waals surface area contributed by atoms with E-state index in [1.54, 1.807) is 0 Å². The normalized spacial score (nSPS) is 23.4. The van der Waals surface area contributed by atoms with Crippen LogP contribution in [0.4, 0.5) is 5.69 Å². The van der Waals surface area contributed by atoms with E-state index in [1.807, 2.05) is 0 Å². The van der Waals surface area contributed by atoms with Gasteiger partial charge in [-0.15, -0.1) is 0 Å². The van der Waals surface area contributed by atoms with Crippen LogP contribution < -0.4 is 10.1 Å². The summed E-state index contributed by atoms with van der Waals surface area (Å²) in [6.07, 6.45) is 2.17. The van der Waals surface area contributed by atoms with Crippen LogP contribution in [0.5, 0.6) is 5.75 Å². The number of para-hydroxylation sites is 2. The quantitative estimate of drug-likeness (QED) is 0.842. The first-order chi connectivity index (χ1) is 9.83. The van der Waals surface area contributed by atoms with Crippen LogP contribution in [0, 0.1) is 5.92 Å². The van der Waals surface area contributed by atoms with Crippen molar-refractivity contribution in [3.8, 4) is 5.75 Å². The number of nitrogens with one attached hydrogen (secondary N) is 1. The van der Waals surface area contributed by atoms with Crippen molar-refractivity contribution in [2.75, 3.05) is 11.9 Å². The first-order valence-electron chi connectivity index (χ1n) is 7.42. The minimum Gasteiger partial charge on any atom is -0.493 e. The summed E-state index contributed by atoms with van der Waals surface area (Å²) in [6.45, 7) is 3.14. The molecule has 102 valence electrons. The van der Waals surface area contributed by atoms with Crippen LogP contribution in [0.25, 0.3) is 0 Å². The first kappa shape index (κ1) is 11.8. The van der Waals surface area contributed by atoms with Crippen molar-refractivity contribution in [1.82, 2.24) is 0 Å². The third-order valence-corrected chi connectivity index (χ3v) is 4.52. The lowest BCUT2D eigenvalue weighted by Gasteiger charge is -2.33. The van der Waals surface area contributed by atoms with E-state index in [1.165, 1.54) is 22.4 Å². The molecule has 2 heterocycles. The minimum absolute atomic E-state index is 0.345. The zero-order chi connectivity index (χ0) is 13.5. The monoisotopic (exact) mass is 265 g/mol. The molecule has 2 nitrogen and oxygen atoms in total. The highest BCUT2D eigenvalue weighted by molar-refractivity contribution is 5.57. The lowest BCUT2D eigenvalue weighted by Crippen LogP contribution is -2.26. The Morgan fingerprint density at radius 3 is 2.85 bits per heavy atom. The molecule has 2 unspecified atom stereocenters. The van der Waals surface area contributed by atoms with Crippen LogP contribution in [0.3, 0.4) is 0 Å². The van der Waals surface area contributed by atoms with Crippen molar-refractivity contribution in [2.24, 2.45) is 5.92 Å². The molecule has 0 bridgehead atoms. The second-order valence-corrected chi connectivity index (χ2v) is 5.89. The van der Waals surface area contributed by atoms with E-state index < -0.39 is 0 Å². The van der Waals surface area contributed by atoms with Crippen LogP contribution in [0.2, 0.25) is 0 Å². The molecule has 0 amide bonds. The van der Waals surface area contributed by atoms with E-state index in [0.717, 1.165) is 25.2 Å². The van der Waals surface area contributed by atoms with Gasteiger partial charge in [0.25, 0.3) is 0 Å². The lowest BCUT2D eigenvalue weighted by molar-refractivity contribution is 0.346. The number of anilines is 1. The highest BCUT2D eigenvalue weighted by Gasteiger charge is 2.29. The Balaban J connectivity index is 1.75. The molecule has 1 N–H and O–H groups in total. The molecular formula is C18H19NO. The molecule has 0 saturated heterocycles. The Bertz CT molecular complexity index is 650. The number of fused-ring (bicyclic) bond motifs is 2. The summed E-state index contributed by atoms with van der Waals surface area (Å²) in [4.78, 5) is 0. The predicted molar refractivity (Wildman–Crippen MR) is 81.3 cm³/mol. The Morgan fingerprint density at radius 2 is 1.90 bits per heavy atom. The fourth-order valence-corrected chi connectivity index (χ4v) is 3.48. The Morgan fingerprint density at radius 1 is 1.05 bits per heavy atom. The van der Waals surface area contributed by atoms with Gasteiger partial charge in [0.1, 0.15) is 5.75 Å².